The van der Waals surface area contributed by atoms with Gasteiger partial charge in [0, 0.05) is 12.8 Å². The Hall–Kier alpha value is -0.790. The average Bonchev–Trinajstić information content (AvgIpc) is 3.37. The van der Waals surface area contributed by atoms with Crippen LogP contribution in [0.3, 0.4) is 0 Å². The minimum atomic E-state index is 0.0664. The summed E-state index contributed by atoms with van der Waals surface area (Å²) in [7, 11) is 0. The van der Waals surface area contributed by atoms with E-state index < -0.39 is 0 Å². The Kier molecular flexibility index (Phi) is 15.9. The molecule has 0 aromatic carbocycles. The lowest BCUT2D eigenvalue weighted by Crippen LogP contribution is -2.50. The molecule has 3 fully saturated rings. The van der Waals surface area contributed by atoms with Crippen LogP contribution in [0.5, 0.6) is 0 Å². The second kappa shape index (κ2) is 19.3. The van der Waals surface area contributed by atoms with E-state index in [4.69, 9.17) is 4.74 Å². The molecule has 45 heavy (non-hydrogen) atoms. The van der Waals surface area contributed by atoms with Crippen LogP contribution in [0.4, 0.5) is 0 Å². The molecule has 260 valence electrons. The molecule has 4 aliphatic carbocycles. The molecule has 0 heterocycles. The maximum atomic E-state index is 12.8. The highest BCUT2D eigenvalue weighted by Crippen LogP contribution is 2.66. The zero-order valence-corrected chi connectivity index (χ0v) is 30.8. The highest BCUT2D eigenvalue weighted by atomic mass is 16.5. The van der Waals surface area contributed by atoms with E-state index in [1.54, 1.807) is 5.57 Å². The second-order valence-electron chi connectivity index (χ2n) is 17.0. The number of hydrogen-bond acceptors (Lipinski definition) is 2. The Labute approximate surface area is 281 Å². The van der Waals surface area contributed by atoms with Crippen LogP contribution in [0.15, 0.2) is 11.6 Å². The third kappa shape index (κ3) is 10.3. The maximum Gasteiger partial charge on any atom is 0.306 e. The van der Waals surface area contributed by atoms with Crippen molar-refractivity contribution < 1.29 is 9.53 Å². The van der Waals surface area contributed by atoms with Gasteiger partial charge in [-0.1, -0.05) is 155 Å². The lowest BCUT2D eigenvalue weighted by Gasteiger charge is -2.58. The zero-order chi connectivity index (χ0) is 32.0. The molecule has 3 saturated carbocycles. The number of unbranched alkanes of at least 4 members (excludes halogenated alkanes) is 17. The van der Waals surface area contributed by atoms with Gasteiger partial charge < -0.3 is 4.74 Å². The van der Waals surface area contributed by atoms with Crippen molar-refractivity contribution in [1.82, 2.24) is 0 Å². The lowest BCUT2D eigenvalue weighted by atomic mass is 9.47. The van der Waals surface area contributed by atoms with Gasteiger partial charge in [0.05, 0.1) is 0 Å². The van der Waals surface area contributed by atoms with E-state index in [0.717, 1.165) is 42.9 Å². The van der Waals surface area contributed by atoms with Crippen LogP contribution in [-0.4, -0.2) is 12.1 Å². The Bertz CT molecular complexity index is 875. The van der Waals surface area contributed by atoms with Crippen molar-refractivity contribution >= 4 is 5.97 Å². The Morgan fingerprint density at radius 3 is 1.89 bits per heavy atom. The summed E-state index contributed by atoms with van der Waals surface area (Å²) in [6.45, 7) is 9.92. The molecule has 7 atom stereocenters. The molecule has 4 aliphatic rings. The largest absolute Gasteiger partial charge is 0.462 e. The van der Waals surface area contributed by atoms with Crippen LogP contribution in [0.25, 0.3) is 0 Å². The first-order valence-electron chi connectivity index (χ1n) is 20.8. The number of hydrogen-bond donors (Lipinski definition) is 0. The van der Waals surface area contributed by atoms with Crippen LogP contribution >= 0.6 is 0 Å². The number of esters is 1. The molecule has 0 N–H and O–H groups in total. The van der Waals surface area contributed by atoms with E-state index in [9.17, 15) is 4.79 Å². The average molecular weight is 625 g/mol. The monoisotopic (exact) mass is 625 g/mol. The van der Waals surface area contributed by atoms with Crippen molar-refractivity contribution in [2.75, 3.05) is 0 Å². The normalized spacial score (nSPS) is 32.4. The van der Waals surface area contributed by atoms with E-state index >= 15 is 0 Å². The van der Waals surface area contributed by atoms with Crippen molar-refractivity contribution in [3.8, 4) is 0 Å². The Morgan fingerprint density at radius 2 is 1.27 bits per heavy atom. The van der Waals surface area contributed by atoms with Crippen molar-refractivity contribution in [3.63, 3.8) is 0 Å². The second-order valence-corrected chi connectivity index (χ2v) is 17.0. The highest BCUT2D eigenvalue weighted by Gasteiger charge is 2.58. The summed E-state index contributed by atoms with van der Waals surface area (Å²) >= 11 is 0. The summed E-state index contributed by atoms with van der Waals surface area (Å²) in [5.74, 6) is 3.72. The minimum absolute atomic E-state index is 0.0664. The summed E-state index contributed by atoms with van der Waals surface area (Å²) < 4.78 is 6.12. The first-order chi connectivity index (χ1) is 21.9. The fraction of sp³-hybridized carbons (Fsp3) is 0.930. The molecule has 4 rings (SSSR count). The van der Waals surface area contributed by atoms with Crippen LogP contribution in [0.1, 0.15) is 214 Å². The highest BCUT2D eigenvalue weighted by molar-refractivity contribution is 5.69. The summed E-state index contributed by atoms with van der Waals surface area (Å²) in [5.41, 5.74) is 2.59. The molecule has 0 bridgehead atoms. The Morgan fingerprint density at radius 1 is 0.689 bits per heavy atom. The molecule has 0 amide bonds. The number of allylic oxidation sites excluding steroid dienone is 1. The summed E-state index contributed by atoms with van der Waals surface area (Å²) in [5, 5.41) is 0. The van der Waals surface area contributed by atoms with Gasteiger partial charge in [-0.15, -0.1) is 0 Å². The number of ether oxygens (including phenoxy) is 1. The van der Waals surface area contributed by atoms with E-state index in [1.807, 2.05) is 0 Å². The molecule has 0 aromatic heterocycles. The van der Waals surface area contributed by atoms with Crippen LogP contribution in [-0.2, 0) is 9.53 Å². The van der Waals surface area contributed by atoms with E-state index in [-0.39, 0.29) is 12.1 Å². The maximum absolute atomic E-state index is 12.8. The fourth-order valence-electron chi connectivity index (χ4n) is 11.0. The smallest absolute Gasteiger partial charge is 0.306 e. The minimum Gasteiger partial charge on any atom is -0.462 e. The summed E-state index contributed by atoms with van der Waals surface area (Å²) in [6.07, 6.45) is 41.4. The van der Waals surface area contributed by atoms with Gasteiger partial charge in [0.15, 0.2) is 0 Å². The lowest BCUT2D eigenvalue weighted by molar-refractivity contribution is -0.151. The van der Waals surface area contributed by atoms with Gasteiger partial charge in [0.25, 0.3) is 0 Å². The topological polar surface area (TPSA) is 26.3 Å². The van der Waals surface area contributed by atoms with E-state index in [2.05, 4.69) is 33.8 Å². The van der Waals surface area contributed by atoms with Crippen LogP contribution in [0, 0.1) is 34.5 Å². The molecular weight excluding hydrogens is 548 g/mol. The van der Waals surface area contributed by atoms with Crippen LogP contribution < -0.4 is 0 Å². The molecular formula is C43H76O2. The number of rotatable bonds is 22. The first-order valence-corrected chi connectivity index (χ1v) is 20.8. The standard InChI is InChI=1S/C43H76O2/c1-5-7-9-11-13-14-15-16-17-18-19-21-23-25-41(44)45-37-30-32-43(4)36(34-37)26-28-38-39-29-27-35(24-22-20-12-10-8-6-2)42(39,3)33-31-40(38)43/h26,35,37-40H,5-25,27-34H2,1-4H3/t35-,37+,38+,39-,40-,42-,43+/m1/s1. The van der Waals surface area contributed by atoms with Gasteiger partial charge in [-0.2, -0.15) is 0 Å². The van der Waals surface area contributed by atoms with E-state index in [1.165, 1.54) is 161 Å². The molecule has 0 aromatic rings. The summed E-state index contributed by atoms with van der Waals surface area (Å²) in [6, 6.07) is 0. The zero-order valence-electron chi connectivity index (χ0n) is 30.8. The number of carbonyl (C=O) groups excluding carboxylic acids is 1. The van der Waals surface area contributed by atoms with Gasteiger partial charge in [-0.25, -0.2) is 0 Å². The number of carbonyl (C=O) groups is 1. The van der Waals surface area contributed by atoms with Gasteiger partial charge in [0.2, 0.25) is 0 Å². The van der Waals surface area contributed by atoms with Crippen molar-refractivity contribution in [3.05, 3.63) is 11.6 Å². The predicted octanol–water partition coefficient (Wildman–Crippen LogP) is 13.7. The molecule has 0 radical (unpaired) electrons. The molecule has 2 nitrogen and oxygen atoms in total. The summed E-state index contributed by atoms with van der Waals surface area (Å²) in [4.78, 5) is 12.8. The SMILES string of the molecule is CCCCCCCCCCCCCCCC(=O)O[C@H]1CC[C@@]2(C)C(=CC[C@H]3[C@H]4CC[C@@H](CCCCCCCC)[C@@]4(C)CC[C@H]32)C1. The third-order valence-corrected chi connectivity index (χ3v) is 13.9. The van der Waals surface area contributed by atoms with Crippen molar-refractivity contribution in [2.24, 2.45) is 34.5 Å². The first kappa shape index (κ1) is 37.0. The van der Waals surface area contributed by atoms with Gasteiger partial charge in [-0.3, -0.25) is 4.79 Å². The molecule has 0 unspecified atom stereocenters. The van der Waals surface area contributed by atoms with Gasteiger partial charge >= 0.3 is 5.97 Å². The van der Waals surface area contributed by atoms with Gasteiger partial charge in [-0.05, 0) is 92.3 Å². The van der Waals surface area contributed by atoms with Crippen molar-refractivity contribution in [1.29, 1.82) is 0 Å². The molecule has 0 spiro atoms. The molecule has 0 saturated heterocycles. The van der Waals surface area contributed by atoms with Crippen molar-refractivity contribution in [2.45, 2.75) is 220 Å². The van der Waals surface area contributed by atoms with E-state index in [0.29, 0.717) is 17.3 Å². The molecule has 2 heteroatoms. The van der Waals surface area contributed by atoms with Gasteiger partial charge in [0.1, 0.15) is 6.10 Å². The van der Waals surface area contributed by atoms with Crippen LogP contribution in [0.2, 0.25) is 0 Å². The number of fused-ring (bicyclic) bond motifs is 5. The fourth-order valence-corrected chi connectivity index (χ4v) is 11.0. The molecule has 0 aliphatic heterocycles. The Balaban J connectivity index is 1.12. The third-order valence-electron chi connectivity index (χ3n) is 13.9. The quantitative estimate of drug-likeness (QED) is 0.0680. The predicted molar refractivity (Wildman–Crippen MR) is 193 cm³/mol.